The van der Waals surface area contributed by atoms with Crippen LogP contribution in [-0.2, 0) is 6.18 Å². The quantitative estimate of drug-likeness (QED) is 0.826. The molecule has 3 rings (SSSR count). The largest absolute Gasteiger partial charge is 0.416 e. The number of alkyl halides is 3. The maximum Gasteiger partial charge on any atom is 0.416 e. The highest BCUT2D eigenvalue weighted by atomic mass is 19.4. The van der Waals surface area contributed by atoms with Gasteiger partial charge in [0.2, 0.25) is 0 Å². The van der Waals surface area contributed by atoms with Gasteiger partial charge < -0.3 is 10.6 Å². The van der Waals surface area contributed by atoms with Crippen LogP contribution in [0.3, 0.4) is 0 Å². The first kappa shape index (κ1) is 17.2. The number of amides is 1. The topological polar surface area (TPSA) is 71.8 Å². The van der Waals surface area contributed by atoms with E-state index in [-0.39, 0.29) is 11.4 Å². The fourth-order valence-electron chi connectivity index (χ4n) is 2.43. The van der Waals surface area contributed by atoms with Crippen LogP contribution in [0.4, 0.5) is 13.2 Å². The lowest BCUT2D eigenvalue weighted by Crippen LogP contribution is -2.29. The van der Waals surface area contributed by atoms with E-state index in [4.69, 9.17) is 0 Å². The summed E-state index contributed by atoms with van der Waals surface area (Å²) in [5, 5.41) is 13.4. The molecule has 0 saturated heterocycles. The Labute approximate surface area is 141 Å². The van der Waals surface area contributed by atoms with Crippen LogP contribution in [0.5, 0.6) is 0 Å². The molecule has 9 heteroatoms. The lowest BCUT2D eigenvalue weighted by molar-refractivity contribution is -0.137. The first-order chi connectivity index (χ1) is 11.9. The van der Waals surface area contributed by atoms with E-state index in [1.54, 1.807) is 0 Å². The molecule has 1 aliphatic heterocycles. The number of nitrogens with one attached hydrogen (secondary N) is 2. The van der Waals surface area contributed by atoms with Crippen molar-refractivity contribution in [1.82, 2.24) is 25.6 Å². The Hall–Kier alpha value is -2.68. The van der Waals surface area contributed by atoms with Crippen LogP contribution >= 0.6 is 0 Å². The van der Waals surface area contributed by atoms with Gasteiger partial charge >= 0.3 is 6.18 Å². The zero-order chi connectivity index (χ0) is 17.9. The molecular formula is C16H16F3N5O. The first-order valence-corrected chi connectivity index (χ1v) is 7.70. The summed E-state index contributed by atoms with van der Waals surface area (Å²) < 4.78 is 39.5. The minimum Gasteiger partial charge on any atom is -0.347 e. The monoisotopic (exact) mass is 351 g/mol. The molecular weight excluding hydrogens is 335 g/mol. The van der Waals surface area contributed by atoms with E-state index in [1.807, 2.05) is 6.08 Å². The number of rotatable bonds is 4. The molecule has 2 aromatic rings. The van der Waals surface area contributed by atoms with E-state index in [0.717, 1.165) is 41.9 Å². The number of aromatic nitrogens is 3. The highest BCUT2D eigenvalue weighted by molar-refractivity contribution is 5.92. The van der Waals surface area contributed by atoms with E-state index in [9.17, 15) is 18.0 Å². The second-order valence-corrected chi connectivity index (χ2v) is 5.60. The highest BCUT2D eigenvalue weighted by Gasteiger charge is 2.30. The van der Waals surface area contributed by atoms with Gasteiger partial charge in [-0.1, -0.05) is 22.9 Å². The van der Waals surface area contributed by atoms with Crippen LogP contribution in [0.25, 0.3) is 5.69 Å². The highest BCUT2D eigenvalue weighted by Crippen LogP contribution is 2.30. The SMILES string of the molecule is O=C(NCC1=CCNCC1)c1cn(-c2cccc(C(F)(F)F)c2)nn1. The number of hydrogen-bond donors (Lipinski definition) is 2. The van der Waals surface area contributed by atoms with Gasteiger partial charge in [-0.25, -0.2) is 4.68 Å². The van der Waals surface area contributed by atoms with Crippen molar-refractivity contribution < 1.29 is 18.0 Å². The Morgan fingerprint density at radius 1 is 1.36 bits per heavy atom. The van der Waals surface area contributed by atoms with Crippen LogP contribution in [0, 0.1) is 0 Å². The summed E-state index contributed by atoms with van der Waals surface area (Å²) in [6.07, 6.45) is -0.262. The lowest BCUT2D eigenvalue weighted by Gasteiger charge is -2.13. The van der Waals surface area contributed by atoms with Gasteiger partial charge in [0.05, 0.1) is 17.4 Å². The molecule has 0 saturated carbocycles. The van der Waals surface area contributed by atoms with Crippen molar-refractivity contribution in [3.8, 4) is 5.69 Å². The molecule has 1 aromatic carbocycles. The third-order valence-corrected chi connectivity index (χ3v) is 3.80. The molecule has 0 aliphatic carbocycles. The van der Waals surface area contributed by atoms with Crippen molar-refractivity contribution in [2.75, 3.05) is 19.6 Å². The second kappa shape index (κ2) is 7.06. The van der Waals surface area contributed by atoms with Gasteiger partial charge in [-0.2, -0.15) is 13.2 Å². The molecule has 6 nitrogen and oxygen atoms in total. The Kier molecular flexibility index (Phi) is 4.84. The van der Waals surface area contributed by atoms with E-state index < -0.39 is 17.6 Å². The van der Waals surface area contributed by atoms with E-state index in [0.29, 0.717) is 6.54 Å². The number of hydrogen-bond acceptors (Lipinski definition) is 4. The molecule has 132 valence electrons. The maximum atomic E-state index is 12.8. The van der Waals surface area contributed by atoms with Gasteiger partial charge in [0, 0.05) is 13.1 Å². The fraction of sp³-hybridized carbons (Fsp3) is 0.312. The standard InChI is InChI=1S/C16H16F3N5O/c17-16(18,19)12-2-1-3-13(8-12)24-10-14(22-23-24)15(25)21-9-11-4-6-20-7-5-11/h1-4,8,10,20H,5-7,9H2,(H,21,25). The van der Waals surface area contributed by atoms with E-state index >= 15 is 0 Å². The number of halogens is 3. The summed E-state index contributed by atoms with van der Waals surface area (Å²) in [6, 6.07) is 4.67. The zero-order valence-corrected chi connectivity index (χ0v) is 13.2. The summed E-state index contributed by atoms with van der Waals surface area (Å²) in [5.74, 6) is -0.419. The van der Waals surface area contributed by atoms with Crippen LogP contribution in [0.1, 0.15) is 22.5 Å². The molecule has 0 unspecified atom stereocenters. The molecule has 0 atom stereocenters. The van der Waals surface area contributed by atoms with Crippen molar-refractivity contribution in [2.45, 2.75) is 12.6 Å². The molecule has 1 amide bonds. The summed E-state index contributed by atoms with van der Waals surface area (Å²) in [5.41, 5.74) is 0.566. The predicted molar refractivity (Wildman–Crippen MR) is 84.3 cm³/mol. The summed E-state index contributed by atoms with van der Waals surface area (Å²) in [6.45, 7) is 2.06. The predicted octanol–water partition coefficient (Wildman–Crippen LogP) is 1.94. The van der Waals surface area contributed by atoms with Crippen molar-refractivity contribution in [2.24, 2.45) is 0 Å². The maximum absolute atomic E-state index is 12.8. The second-order valence-electron chi connectivity index (χ2n) is 5.60. The minimum absolute atomic E-state index is 0.0481. The Bertz CT molecular complexity index is 797. The van der Waals surface area contributed by atoms with E-state index in [1.165, 1.54) is 18.3 Å². The number of benzene rings is 1. The molecule has 0 spiro atoms. The molecule has 1 aromatic heterocycles. The molecule has 0 fully saturated rings. The number of nitrogens with zero attached hydrogens (tertiary/aromatic N) is 3. The third-order valence-electron chi connectivity index (χ3n) is 3.80. The molecule has 2 N–H and O–H groups in total. The van der Waals surface area contributed by atoms with Gasteiger partial charge in [0.1, 0.15) is 0 Å². The molecule has 1 aliphatic rings. The van der Waals surface area contributed by atoms with Crippen LogP contribution in [0.15, 0.2) is 42.1 Å². The van der Waals surface area contributed by atoms with Gasteiger partial charge in [0.15, 0.2) is 5.69 Å². The first-order valence-electron chi connectivity index (χ1n) is 7.70. The van der Waals surface area contributed by atoms with Gasteiger partial charge in [-0.05, 0) is 31.2 Å². The Morgan fingerprint density at radius 3 is 2.92 bits per heavy atom. The summed E-state index contributed by atoms with van der Waals surface area (Å²) in [4.78, 5) is 12.1. The number of carbonyl (C=O) groups excluding carboxylic acids is 1. The summed E-state index contributed by atoms with van der Waals surface area (Å²) in [7, 11) is 0. The minimum atomic E-state index is -4.45. The lowest BCUT2D eigenvalue weighted by atomic mass is 10.1. The Morgan fingerprint density at radius 2 is 2.20 bits per heavy atom. The normalized spacial score (nSPS) is 14.9. The smallest absolute Gasteiger partial charge is 0.347 e. The number of carbonyl (C=O) groups is 1. The van der Waals surface area contributed by atoms with Crippen LogP contribution in [-0.4, -0.2) is 40.5 Å². The molecule has 0 radical (unpaired) electrons. The average molecular weight is 351 g/mol. The van der Waals surface area contributed by atoms with Crippen molar-refractivity contribution in [3.63, 3.8) is 0 Å². The molecule has 2 heterocycles. The van der Waals surface area contributed by atoms with Crippen LogP contribution in [0.2, 0.25) is 0 Å². The fourth-order valence-corrected chi connectivity index (χ4v) is 2.43. The summed E-state index contributed by atoms with van der Waals surface area (Å²) >= 11 is 0. The van der Waals surface area contributed by atoms with Crippen molar-refractivity contribution >= 4 is 5.91 Å². The average Bonchev–Trinajstić information content (AvgIpc) is 3.10. The Balaban J connectivity index is 1.69. The van der Waals surface area contributed by atoms with Crippen molar-refractivity contribution in [1.29, 1.82) is 0 Å². The zero-order valence-electron chi connectivity index (χ0n) is 13.2. The van der Waals surface area contributed by atoms with E-state index in [2.05, 4.69) is 20.9 Å². The van der Waals surface area contributed by atoms with Gasteiger partial charge in [-0.3, -0.25) is 4.79 Å². The van der Waals surface area contributed by atoms with Gasteiger partial charge in [-0.15, -0.1) is 5.10 Å². The molecule has 0 bridgehead atoms. The van der Waals surface area contributed by atoms with Gasteiger partial charge in [0.25, 0.3) is 5.91 Å². The third kappa shape index (κ3) is 4.24. The van der Waals surface area contributed by atoms with Crippen molar-refractivity contribution in [3.05, 3.63) is 53.4 Å². The van der Waals surface area contributed by atoms with Crippen LogP contribution < -0.4 is 10.6 Å². The molecule has 25 heavy (non-hydrogen) atoms.